The van der Waals surface area contributed by atoms with E-state index in [1.54, 1.807) is 26.5 Å². The number of aliphatic hydroxyl groups is 1. The predicted octanol–water partition coefficient (Wildman–Crippen LogP) is 3.47. The van der Waals surface area contributed by atoms with Crippen LogP contribution in [0.5, 0.6) is 11.5 Å². The molecule has 0 spiro atoms. The maximum Gasteiger partial charge on any atom is 0.220 e. The van der Waals surface area contributed by atoms with Crippen molar-refractivity contribution in [2.75, 3.05) is 37.9 Å². The molecule has 1 aliphatic heterocycles. The largest absolute Gasteiger partial charge is 0.496 e. The molecule has 9 heteroatoms. The van der Waals surface area contributed by atoms with Crippen molar-refractivity contribution in [2.24, 2.45) is 0 Å². The molecular formula is C22H26ClN5O3. The second-order valence-electron chi connectivity index (χ2n) is 7.97. The van der Waals surface area contributed by atoms with E-state index in [0.717, 1.165) is 16.5 Å². The fourth-order valence-electron chi connectivity index (χ4n) is 4.11. The van der Waals surface area contributed by atoms with Gasteiger partial charge < -0.3 is 25.2 Å². The molecule has 1 unspecified atom stereocenters. The Kier molecular flexibility index (Phi) is 5.53. The molecule has 0 amide bonds. The molecule has 0 bridgehead atoms. The Bertz CT molecular complexity index is 1150. The van der Waals surface area contributed by atoms with Gasteiger partial charge in [0.2, 0.25) is 5.95 Å². The topological polar surface area (TPSA) is 107 Å². The van der Waals surface area contributed by atoms with Crippen LogP contribution in [0, 0.1) is 0 Å². The minimum atomic E-state index is -0.798. The monoisotopic (exact) mass is 443 g/mol. The van der Waals surface area contributed by atoms with Crippen LogP contribution in [0.3, 0.4) is 0 Å². The van der Waals surface area contributed by atoms with Gasteiger partial charge in [-0.05, 0) is 25.8 Å². The molecular weight excluding hydrogens is 418 g/mol. The number of halogens is 1. The van der Waals surface area contributed by atoms with E-state index in [-0.39, 0.29) is 5.95 Å². The summed E-state index contributed by atoms with van der Waals surface area (Å²) in [5, 5.41) is 11.8. The molecule has 1 fully saturated rings. The number of methoxy groups -OCH3 is 2. The van der Waals surface area contributed by atoms with Gasteiger partial charge in [0.05, 0.1) is 30.5 Å². The number of ether oxygens (including phenoxy) is 2. The number of hydrogen-bond acceptors (Lipinski definition) is 8. The first kappa shape index (κ1) is 21.4. The van der Waals surface area contributed by atoms with Crippen LogP contribution < -0.4 is 20.1 Å². The Morgan fingerprint density at radius 1 is 1.23 bits per heavy atom. The number of rotatable bonds is 5. The lowest BCUT2D eigenvalue weighted by atomic mass is 9.99. The van der Waals surface area contributed by atoms with Gasteiger partial charge in [0.1, 0.15) is 17.0 Å². The predicted molar refractivity (Wildman–Crippen MR) is 122 cm³/mol. The lowest BCUT2D eigenvalue weighted by Crippen LogP contribution is -2.30. The maximum absolute atomic E-state index is 10.5. The second kappa shape index (κ2) is 8.01. The van der Waals surface area contributed by atoms with Crippen molar-refractivity contribution < 1.29 is 14.6 Å². The number of pyridine rings is 1. The van der Waals surface area contributed by atoms with Crippen LogP contribution in [0.15, 0.2) is 18.3 Å². The van der Waals surface area contributed by atoms with Crippen LogP contribution in [-0.4, -0.2) is 53.0 Å². The van der Waals surface area contributed by atoms with Crippen molar-refractivity contribution in [3.63, 3.8) is 0 Å². The van der Waals surface area contributed by atoms with Crippen LogP contribution in [0.25, 0.3) is 22.2 Å². The highest BCUT2D eigenvalue weighted by Crippen LogP contribution is 2.44. The summed E-state index contributed by atoms with van der Waals surface area (Å²) in [5.41, 5.74) is 8.03. The first-order valence-electron chi connectivity index (χ1n) is 10.1. The van der Waals surface area contributed by atoms with Gasteiger partial charge in [0.25, 0.3) is 0 Å². The van der Waals surface area contributed by atoms with Gasteiger partial charge in [0.15, 0.2) is 5.82 Å². The third kappa shape index (κ3) is 3.81. The van der Waals surface area contributed by atoms with E-state index in [1.807, 2.05) is 24.8 Å². The number of anilines is 2. The van der Waals surface area contributed by atoms with Crippen molar-refractivity contribution in [1.82, 2.24) is 15.0 Å². The van der Waals surface area contributed by atoms with Gasteiger partial charge >= 0.3 is 0 Å². The van der Waals surface area contributed by atoms with E-state index in [9.17, 15) is 5.11 Å². The Hall–Kier alpha value is -2.84. The molecule has 8 nitrogen and oxygen atoms in total. The van der Waals surface area contributed by atoms with E-state index in [1.165, 1.54) is 0 Å². The average molecular weight is 444 g/mol. The number of hydrogen-bond donors (Lipinski definition) is 2. The summed E-state index contributed by atoms with van der Waals surface area (Å²) in [6.45, 7) is 4.95. The van der Waals surface area contributed by atoms with E-state index >= 15 is 0 Å². The quantitative estimate of drug-likeness (QED) is 0.617. The molecule has 31 heavy (non-hydrogen) atoms. The van der Waals surface area contributed by atoms with Crippen LogP contribution in [0.2, 0.25) is 5.02 Å². The number of aromatic nitrogens is 3. The summed E-state index contributed by atoms with van der Waals surface area (Å²) in [7, 11) is 3.19. The Morgan fingerprint density at radius 2 is 1.97 bits per heavy atom. The molecule has 1 aliphatic rings. The third-order valence-corrected chi connectivity index (χ3v) is 6.04. The van der Waals surface area contributed by atoms with Crippen molar-refractivity contribution in [1.29, 1.82) is 0 Å². The molecule has 164 valence electrons. The van der Waals surface area contributed by atoms with E-state index < -0.39 is 5.60 Å². The number of β-amino-alcohol motifs (C(OH)–C–C–N with tert-alkyl or cyclic N) is 1. The smallest absolute Gasteiger partial charge is 0.220 e. The molecule has 1 aromatic carbocycles. The molecule has 0 saturated carbocycles. The standard InChI is InChI=1S/C22H26ClN5O3/c1-5-13-15(30-3)9-16(31-4)18(23)17(13)14-8-12-10-25-21(24)27-19(12)20(26-14)28-7-6-22(2,29)11-28/h8-10,29H,5-7,11H2,1-4H3,(H2,24,25,27). The lowest BCUT2D eigenvalue weighted by molar-refractivity contribution is 0.0839. The first-order valence-corrected chi connectivity index (χ1v) is 10.5. The normalized spacial score (nSPS) is 18.6. The van der Waals surface area contributed by atoms with Crippen LogP contribution in [0.4, 0.5) is 11.8 Å². The summed E-state index contributed by atoms with van der Waals surface area (Å²) in [6.07, 6.45) is 3.00. The van der Waals surface area contributed by atoms with Gasteiger partial charge in [0, 0.05) is 41.9 Å². The van der Waals surface area contributed by atoms with Gasteiger partial charge in [-0.15, -0.1) is 0 Å². The van der Waals surface area contributed by atoms with E-state index in [0.29, 0.717) is 59.5 Å². The summed E-state index contributed by atoms with van der Waals surface area (Å²) in [6, 6.07) is 3.68. The third-order valence-electron chi connectivity index (χ3n) is 5.66. The Morgan fingerprint density at radius 3 is 2.58 bits per heavy atom. The Balaban J connectivity index is 2.01. The molecule has 3 heterocycles. The minimum absolute atomic E-state index is 0.171. The van der Waals surface area contributed by atoms with Crippen molar-refractivity contribution in [3.8, 4) is 22.8 Å². The maximum atomic E-state index is 10.5. The SMILES string of the molecule is CCc1c(OC)cc(OC)c(Cl)c1-c1cc2cnc(N)nc2c(N2CCC(C)(O)C2)n1. The first-order chi connectivity index (χ1) is 14.8. The number of nitrogens with two attached hydrogens (primary N) is 1. The molecule has 2 aromatic heterocycles. The fraction of sp³-hybridized carbons (Fsp3) is 0.409. The zero-order chi connectivity index (χ0) is 22.3. The van der Waals surface area contributed by atoms with Gasteiger partial charge in [-0.1, -0.05) is 18.5 Å². The number of benzene rings is 1. The van der Waals surface area contributed by atoms with Gasteiger partial charge in [-0.25, -0.2) is 15.0 Å². The summed E-state index contributed by atoms with van der Waals surface area (Å²) in [5.74, 6) is 2.00. The lowest BCUT2D eigenvalue weighted by Gasteiger charge is -2.23. The molecule has 0 aliphatic carbocycles. The molecule has 3 aromatic rings. The Labute approximate surface area is 186 Å². The van der Waals surface area contributed by atoms with E-state index in [2.05, 4.69) is 9.97 Å². The van der Waals surface area contributed by atoms with Gasteiger partial charge in [-0.2, -0.15) is 0 Å². The number of fused-ring (bicyclic) bond motifs is 1. The molecule has 3 N–H and O–H groups in total. The molecule has 0 radical (unpaired) electrons. The second-order valence-corrected chi connectivity index (χ2v) is 8.35. The molecule has 1 saturated heterocycles. The zero-order valence-electron chi connectivity index (χ0n) is 18.1. The minimum Gasteiger partial charge on any atom is -0.496 e. The average Bonchev–Trinajstić information content (AvgIpc) is 3.12. The highest BCUT2D eigenvalue weighted by Gasteiger charge is 2.33. The van der Waals surface area contributed by atoms with Crippen LogP contribution >= 0.6 is 11.6 Å². The van der Waals surface area contributed by atoms with Crippen molar-refractivity contribution in [2.45, 2.75) is 32.3 Å². The summed E-state index contributed by atoms with van der Waals surface area (Å²) < 4.78 is 11.1. The van der Waals surface area contributed by atoms with Gasteiger partial charge in [-0.3, -0.25) is 0 Å². The zero-order valence-corrected chi connectivity index (χ0v) is 18.8. The highest BCUT2D eigenvalue weighted by atomic mass is 35.5. The van der Waals surface area contributed by atoms with Crippen molar-refractivity contribution in [3.05, 3.63) is 28.9 Å². The summed E-state index contributed by atoms with van der Waals surface area (Å²) >= 11 is 6.76. The fourth-order valence-corrected chi connectivity index (χ4v) is 4.45. The number of nitrogens with zero attached hydrogens (tertiary/aromatic N) is 4. The molecule has 4 rings (SSSR count). The highest BCUT2D eigenvalue weighted by molar-refractivity contribution is 6.35. The summed E-state index contributed by atoms with van der Waals surface area (Å²) in [4.78, 5) is 15.6. The van der Waals surface area contributed by atoms with Crippen molar-refractivity contribution >= 4 is 34.3 Å². The number of nitrogen functional groups attached to an aromatic ring is 1. The van der Waals surface area contributed by atoms with Crippen LogP contribution in [-0.2, 0) is 6.42 Å². The van der Waals surface area contributed by atoms with E-state index in [4.69, 9.17) is 31.8 Å². The molecule has 1 atom stereocenters. The van der Waals surface area contributed by atoms with Crippen LogP contribution in [0.1, 0.15) is 25.8 Å².